The van der Waals surface area contributed by atoms with Crippen LogP contribution >= 0.6 is 11.3 Å². The first-order valence-electron chi connectivity index (χ1n) is 8.69. The van der Waals surface area contributed by atoms with E-state index < -0.39 is 35.1 Å². The third kappa shape index (κ3) is 6.13. The van der Waals surface area contributed by atoms with Gasteiger partial charge < -0.3 is 5.32 Å². The van der Waals surface area contributed by atoms with Gasteiger partial charge in [0.1, 0.15) is 11.4 Å². The van der Waals surface area contributed by atoms with E-state index in [0.29, 0.717) is 12.1 Å². The molecule has 3 heterocycles. The molecule has 3 aromatic rings. The molecule has 2 atom stereocenters. The molecule has 3 rings (SSSR count). The second-order valence-electron chi connectivity index (χ2n) is 6.28. The molecule has 0 aliphatic heterocycles. The third-order valence-corrected chi connectivity index (χ3v) is 5.42. The number of aromatic nitrogens is 3. The van der Waals surface area contributed by atoms with Gasteiger partial charge in [-0.15, -0.1) is 11.3 Å². The zero-order valence-electron chi connectivity index (χ0n) is 15.9. The molecule has 0 saturated heterocycles. The number of carbonyl (C=O) groups excluding carboxylic acids is 1. The molecular formula is C18H16F3N5O3S2. The number of thiazole rings is 1. The summed E-state index contributed by atoms with van der Waals surface area (Å²) in [5, 5.41) is 3.59. The molecule has 0 aliphatic rings. The average Bonchev–Trinajstić information content (AvgIpc) is 3.15. The zero-order chi connectivity index (χ0) is 22.6. The maximum atomic E-state index is 12.7. The number of hydrogen-bond donors (Lipinski definition) is 3. The van der Waals surface area contributed by atoms with Crippen LogP contribution in [-0.2, 0) is 24.0 Å². The lowest BCUT2D eigenvalue weighted by Crippen LogP contribution is -2.26. The van der Waals surface area contributed by atoms with E-state index in [0.717, 1.165) is 28.2 Å². The number of alkyl halides is 3. The maximum absolute atomic E-state index is 12.7. The molecule has 3 N–H and O–H groups in total. The summed E-state index contributed by atoms with van der Waals surface area (Å²) in [4.78, 5) is 24.7. The predicted molar refractivity (Wildman–Crippen MR) is 107 cm³/mol. The topological polar surface area (TPSA) is 117 Å². The van der Waals surface area contributed by atoms with E-state index >= 15 is 0 Å². The van der Waals surface area contributed by atoms with Crippen molar-refractivity contribution in [3.8, 4) is 0 Å². The van der Waals surface area contributed by atoms with Crippen LogP contribution in [0, 0.1) is 6.92 Å². The van der Waals surface area contributed by atoms with Crippen LogP contribution in [-0.4, -0.2) is 29.6 Å². The van der Waals surface area contributed by atoms with Gasteiger partial charge in [0.15, 0.2) is 0 Å². The monoisotopic (exact) mass is 471 g/mol. The zero-order valence-corrected chi connectivity index (χ0v) is 17.5. The highest BCUT2D eigenvalue weighted by Crippen LogP contribution is 2.29. The molecule has 0 aliphatic carbocycles. The summed E-state index contributed by atoms with van der Waals surface area (Å²) in [6.07, 6.45) is -0.672. The van der Waals surface area contributed by atoms with Gasteiger partial charge in [0.05, 0.1) is 17.6 Å². The molecule has 0 radical (unpaired) electrons. The minimum atomic E-state index is -4.60. The van der Waals surface area contributed by atoms with Crippen LogP contribution in [0.4, 0.5) is 13.2 Å². The Morgan fingerprint density at radius 3 is 2.29 bits per heavy atom. The van der Waals surface area contributed by atoms with Crippen LogP contribution in [0.5, 0.6) is 0 Å². The van der Waals surface area contributed by atoms with E-state index in [9.17, 15) is 26.7 Å². The van der Waals surface area contributed by atoms with Crippen LogP contribution in [0.1, 0.15) is 43.2 Å². The van der Waals surface area contributed by atoms with E-state index in [4.69, 9.17) is 0 Å². The van der Waals surface area contributed by atoms with Gasteiger partial charge >= 0.3 is 6.18 Å². The Bertz CT molecular complexity index is 1070. The molecule has 0 saturated carbocycles. The minimum Gasteiger partial charge on any atom is -0.346 e. The number of halogens is 3. The lowest BCUT2D eigenvalue weighted by atomic mass is 10.0. The smallest absolute Gasteiger partial charge is 0.346 e. The molecule has 0 bridgehead atoms. The SMILES string of the molecule is Cc1ncc(CNC(=O)c2ccc(C(NS(=O)O)c3ccc(C(F)(F)F)nc3)cn2)s1. The number of aryl methyl sites for hydroxylation is 1. The van der Waals surface area contributed by atoms with Gasteiger partial charge in [-0.1, -0.05) is 12.1 Å². The van der Waals surface area contributed by atoms with Crippen LogP contribution in [0.3, 0.4) is 0 Å². The van der Waals surface area contributed by atoms with E-state index in [1.807, 2.05) is 6.92 Å². The highest BCUT2D eigenvalue weighted by atomic mass is 32.2. The van der Waals surface area contributed by atoms with Gasteiger partial charge in [0.2, 0.25) is 11.3 Å². The molecule has 0 fully saturated rings. The van der Waals surface area contributed by atoms with Gasteiger partial charge in [-0.2, -0.15) is 13.2 Å². The van der Waals surface area contributed by atoms with Gasteiger partial charge in [0.25, 0.3) is 5.91 Å². The van der Waals surface area contributed by atoms with E-state index in [2.05, 4.69) is 25.0 Å². The van der Waals surface area contributed by atoms with E-state index in [1.54, 1.807) is 6.20 Å². The Balaban J connectivity index is 1.76. The third-order valence-electron chi connectivity index (χ3n) is 4.07. The Morgan fingerprint density at radius 2 is 1.81 bits per heavy atom. The first-order valence-corrected chi connectivity index (χ1v) is 10.6. The lowest BCUT2D eigenvalue weighted by Gasteiger charge is -2.17. The molecule has 13 heteroatoms. The Hall–Kier alpha value is -2.74. The van der Waals surface area contributed by atoms with Crippen molar-refractivity contribution in [2.75, 3.05) is 0 Å². The number of carbonyl (C=O) groups is 1. The summed E-state index contributed by atoms with van der Waals surface area (Å²) in [6.45, 7) is 2.14. The van der Waals surface area contributed by atoms with Crippen molar-refractivity contribution >= 4 is 28.5 Å². The van der Waals surface area contributed by atoms with Crippen molar-refractivity contribution in [2.45, 2.75) is 25.7 Å². The van der Waals surface area contributed by atoms with E-state index in [-0.39, 0.29) is 11.3 Å². The van der Waals surface area contributed by atoms with Crippen molar-refractivity contribution in [3.05, 3.63) is 75.3 Å². The Morgan fingerprint density at radius 1 is 1.13 bits per heavy atom. The Labute approximate surface area is 181 Å². The molecule has 1 amide bonds. The van der Waals surface area contributed by atoms with Gasteiger partial charge in [-0.05, 0) is 30.2 Å². The summed E-state index contributed by atoms with van der Waals surface area (Å²) < 4.78 is 61.0. The van der Waals surface area contributed by atoms with Crippen LogP contribution < -0.4 is 10.0 Å². The van der Waals surface area contributed by atoms with Crippen molar-refractivity contribution in [1.29, 1.82) is 0 Å². The lowest BCUT2D eigenvalue weighted by molar-refractivity contribution is -0.141. The summed E-state index contributed by atoms with van der Waals surface area (Å²) in [5.74, 6) is -0.427. The summed E-state index contributed by atoms with van der Waals surface area (Å²) in [6, 6.07) is 3.86. The summed E-state index contributed by atoms with van der Waals surface area (Å²) in [5.41, 5.74) is -0.394. The molecule has 3 aromatic heterocycles. The first kappa shape index (κ1) is 22.9. The molecule has 0 spiro atoms. The number of amides is 1. The molecule has 0 aromatic carbocycles. The number of nitrogens with zero attached hydrogens (tertiary/aromatic N) is 3. The van der Waals surface area contributed by atoms with E-state index in [1.165, 1.54) is 29.7 Å². The highest BCUT2D eigenvalue weighted by molar-refractivity contribution is 7.77. The summed E-state index contributed by atoms with van der Waals surface area (Å²) >= 11 is -1.01. The number of rotatable bonds is 7. The molecule has 31 heavy (non-hydrogen) atoms. The number of hydrogen-bond acceptors (Lipinski definition) is 6. The number of pyridine rings is 2. The van der Waals surface area contributed by atoms with Crippen LogP contribution in [0.25, 0.3) is 0 Å². The fourth-order valence-corrected chi connectivity index (χ4v) is 3.84. The normalized spacial score (nSPS) is 13.6. The molecule has 2 unspecified atom stereocenters. The van der Waals surface area contributed by atoms with Crippen LogP contribution in [0.2, 0.25) is 0 Å². The van der Waals surface area contributed by atoms with Crippen LogP contribution in [0.15, 0.2) is 42.9 Å². The second kappa shape index (κ2) is 9.60. The second-order valence-corrected chi connectivity index (χ2v) is 8.33. The predicted octanol–water partition coefficient (Wildman–Crippen LogP) is 3.01. The first-order chi connectivity index (χ1) is 14.6. The van der Waals surface area contributed by atoms with Crippen molar-refractivity contribution < 1.29 is 26.7 Å². The molecule has 8 nitrogen and oxygen atoms in total. The fraction of sp³-hybridized carbons (Fsp3) is 0.222. The minimum absolute atomic E-state index is 0.111. The number of nitrogens with one attached hydrogen (secondary N) is 2. The van der Waals surface area contributed by atoms with Gasteiger partial charge in [0, 0.05) is 23.5 Å². The average molecular weight is 471 g/mol. The molecule has 164 valence electrons. The van der Waals surface area contributed by atoms with Crippen molar-refractivity contribution in [3.63, 3.8) is 0 Å². The van der Waals surface area contributed by atoms with Gasteiger partial charge in [-0.25, -0.2) is 13.9 Å². The fourth-order valence-electron chi connectivity index (χ4n) is 2.63. The molecular weight excluding hydrogens is 455 g/mol. The largest absolute Gasteiger partial charge is 0.433 e. The highest BCUT2D eigenvalue weighted by Gasteiger charge is 2.32. The van der Waals surface area contributed by atoms with Crippen molar-refractivity contribution in [1.82, 2.24) is 25.0 Å². The quantitative estimate of drug-likeness (QED) is 0.456. The van der Waals surface area contributed by atoms with Crippen molar-refractivity contribution in [2.24, 2.45) is 0 Å². The summed E-state index contributed by atoms with van der Waals surface area (Å²) in [7, 11) is 0. The standard InChI is InChI=1S/C18H16F3N5O3S2/c1-10-22-8-13(30-10)9-25-17(27)14-4-2-11(6-23-14)16(26-31(28)29)12-3-5-15(24-7-12)18(19,20)21/h2-8,16,26H,9H2,1H3,(H,25,27)(H,28,29). The maximum Gasteiger partial charge on any atom is 0.433 e. The Kier molecular flexibility index (Phi) is 7.10. The van der Waals surface area contributed by atoms with Gasteiger partial charge in [-0.3, -0.25) is 19.3 Å².